The van der Waals surface area contributed by atoms with Gasteiger partial charge in [-0.1, -0.05) is 6.07 Å². The quantitative estimate of drug-likeness (QED) is 0.827. The molecule has 1 fully saturated rings. The Bertz CT molecular complexity index is 637. The van der Waals surface area contributed by atoms with Gasteiger partial charge in [0.05, 0.1) is 4.47 Å². The summed E-state index contributed by atoms with van der Waals surface area (Å²) in [5, 5.41) is 11.9. The zero-order valence-electron chi connectivity index (χ0n) is 13.2. The molecule has 1 aliphatic rings. The maximum absolute atomic E-state index is 13.8. The molecule has 0 radical (unpaired) electrons. The number of halogens is 2. The average molecular weight is 388 g/mol. The predicted octanol–water partition coefficient (Wildman–Crippen LogP) is 3.60. The van der Waals surface area contributed by atoms with Gasteiger partial charge in [0, 0.05) is 5.41 Å². The number of hydrogen-bond acceptors (Lipinski definition) is 3. The van der Waals surface area contributed by atoms with Gasteiger partial charge in [0.1, 0.15) is 17.5 Å². The van der Waals surface area contributed by atoms with E-state index in [4.69, 9.17) is 4.74 Å². The Morgan fingerprint density at radius 2 is 2.00 bits per heavy atom. The highest BCUT2D eigenvalue weighted by molar-refractivity contribution is 9.10. The van der Waals surface area contributed by atoms with Crippen molar-refractivity contribution in [3.05, 3.63) is 34.1 Å². The Morgan fingerprint density at radius 3 is 2.43 bits per heavy atom. The van der Waals surface area contributed by atoms with Crippen LogP contribution in [0.1, 0.15) is 39.2 Å². The number of hydrogen-bond donors (Lipinski definition) is 2. The molecule has 5 nitrogen and oxygen atoms in total. The second-order valence-electron chi connectivity index (χ2n) is 6.70. The molecule has 0 unspecified atom stereocenters. The molecule has 2 N–H and O–H groups in total. The standard InChI is InChI=1S/C16H19BrFNO4/c1-15(2,3)23-14(22)19-12(13(20)21)16(6-7-16)9-4-5-10(17)11(18)8-9/h4-5,8,12H,6-7H2,1-3H3,(H,19,22)(H,20,21)/t12-/m0/s1. The third-order valence-electron chi connectivity index (χ3n) is 3.74. The molecule has 1 amide bonds. The van der Waals surface area contributed by atoms with Crippen LogP contribution >= 0.6 is 15.9 Å². The molecule has 1 atom stereocenters. The summed E-state index contributed by atoms with van der Waals surface area (Å²) < 4.78 is 19.2. The number of carbonyl (C=O) groups excluding carboxylic acids is 1. The van der Waals surface area contributed by atoms with E-state index in [1.165, 1.54) is 12.1 Å². The molecule has 0 heterocycles. The predicted molar refractivity (Wildman–Crippen MR) is 85.8 cm³/mol. The van der Waals surface area contributed by atoms with Crippen molar-refractivity contribution in [1.82, 2.24) is 5.32 Å². The number of amides is 1. The molecule has 23 heavy (non-hydrogen) atoms. The van der Waals surface area contributed by atoms with Gasteiger partial charge in [-0.15, -0.1) is 0 Å². The number of alkyl carbamates (subject to hydrolysis) is 1. The van der Waals surface area contributed by atoms with Gasteiger partial charge in [0.2, 0.25) is 0 Å². The topological polar surface area (TPSA) is 75.6 Å². The Balaban J connectivity index is 2.25. The second-order valence-corrected chi connectivity index (χ2v) is 7.56. The fourth-order valence-electron chi connectivity index (χ4n) is 2.55. The van der Waals surface area contributed by atoms with Crippen molar-refractivity contribution in [1.29, 1.82) is 0 Å². The molecule has 1 aliphatic carbocycles. The molecule has 1 saturated carbocycles. The second kappa shape index (κ2) is 6.11. The van der Waals surface area contributed by atoms with E-state index in [-0.39, 0.29) is 0 Å². The Hall–Kier alpha value is -1.63. The van der Waals surface area contributed by atoms with Crippen molar-refractivity contribution in [3.8, 4) is 0 Å². The van der Waals surface area contributed by atoms with Crippen molar-refractivity contribution >= 4 is 28.0 Å². The minimum Gasteiger partial charge on any atom is -0.480 e. The number of carbonyl (C=O) groups is 2. The van der Waals surface area contributed by atoms with Gasteiger partial charge in [-0.2, -0.15) is 0 Å². The fourth-order valence-corrected chi connectivity index (χ4v) is 2.79. The number of carboxylic acids is 1. The van der Waals surface area contributed by atoms with E-state index >= 15 is 0 Å². The van der Waals surface area contributed by atoms with E-state index in [9.17, 15) is 19.1 Å². The normalized spacial score (nSPS) is 17.3. The minimum atomic E-state index is -1.17. The van der Waals surface area contributed by atoms with E-state index in [2.05, 4.69) is 21.2 Å². The maximum atomic E-state index is 13.8. The van der Waals surface area contributed by atoms with Crippen LogP contribution in [0, 0.1) is 5.82 Å². The first-order valence-electron chi connectivity index (χ1n) is 7.23. The zero-order chi connectivity index (χ0) is 17.4. The van der Waals surface area contributed by atoms with E-state index < -0.39 is 34.9 Å². The first-order chi connectivity index (χ1) is 10.5. The lowest BCUT2D eigenvalue weighted by Gasteiger charge is -2.27. The summed E-state index contributed by atoms with van der Waals surface area (Å²) in [6.07, 6.45) is 0.315. The number of aliphatic carboxylic acids is 1. The van der Waals surface area contributed by atoms with Gasteiger partial charge < -0.3 is 15.2 Å². The summed E-state index contributed by atoms with van der Waals surface area (Å²) in [5.74, 6) is -1.63. The van der Waals surface area contributed by atoms with E-state index in [0.717, 1.165) is 0 Å². The number of nitrogens with one attached hydrogen (secondary N) is 1. The molecule has 1 aromatic rings. The number of rotatable bonds is 4. The van der Waals surface area contributed by atoms with Crippen LogP contribution in [0.2, 0.25) is 0 Å². The highest BCUT2D eigenvalue weighted by Crippen LogP contribution is 2.51. The zero-order valence-corrected chi connectivity index (χ0v) is 14.7. The van der Waals surface area contributed by atoms with Gasteiger partial charge in [0.25, 0.3) is 0 Å². The summed E-state index contributed by atoms with van der Waals surface area (Å²) in [6.45, 7) is 5.08. The van der Waals surface area contributed by atoms with Crippen molar-refractivity contribution in [2.75, 3.05) is 0 Å². The summed E-state index contributed by atoms with van der Waals surface area (Å²) in [6, 6.07) is 3.35. The van der Waals surface area contributed by atoms with Crippen LogP contribution in [-0.4, -0.2) is 28.8 Å². The third-order valence-corrected chi connectivity index (χ3v) is 4.39. The molecule has 2 rings (SSSR count). The molecule has 1 aromatic carbocycles. The van der Waals surface area contributed by atoms with Gasteiger partial charge in [0.15, 0.2) is 0 Å². The van der Waals surface area contributed by atoms with Crippen molar-refractivity contribution in [2.24, 2.45) is 0 Å². The van der Waals surface area contributed by atoms with E-state index in [1.807, 2.05) is 0 Å². The summed E-state index contributed by atoms with van der Waals surface area (Å²) in [5.41, 5.74) is -0.973. The Kier molecular flexibility index (Phi) is 4.71. The number of benzene rings is 1. The molecular weight excluding hydrogens is 369 g/mol. The van der Waals surface area contributed by atoms with Gasteiger partial charge in [-0.25, -0.2) is 14.0 Å². The molecule has 0 aromatic heterocycles. The fraction of sp³-hybridized carbons (Fsp3) is 0.500. The van der Waals surface area contributed by atoms with Crippen LogP contribution in [0.25, 0.3) is 0 Å². The van der Waals surface area contributed by atoms with Gasteiger partial charge >= 0.3 is 12.1 Å². The van der Waals surface area contributed by atoms with Crippen LogP contribution in [0.3, 0.4) is 0 Å². The minimum absolute atomic E-state index is 0.309. The van der Waals surface area contributed by atoms with Crippen LogP contribution in [0.4, 0.5) is 9.18 Å². The summed E-state index contributed by atoms with van der Waals surface area (Å²) in [7, 11) is 0. The lowest BCUT2D eigenvalue weighted by molar-refractivity contribution is -0.140. The number of ether oxygens (including phenoxy) is 1. The Morgan fingerprint density at radius 1 is 1.39 bits per heavy atom. The SMILES string of the molecule is CC(C)(C)OC(=O)N[C@@H](C(=O)O)C1(c2ccc(Br)c(F)c2)CC1. The lowest BCUT2D eigenvalue weighted by Crippen LogP contribution is -2.50. The van der Waals surface area contributed by atoms with Gasteiger partial charge in [-0.3, -0.25) is 0 Å². The lowest BCUT2D eigenvalue weighted by atomic mass is 9.88. The largest absolute Gasteiger partial charge is 0.480 e. The van der Waals surface area contributed by atoms with Crippen molar-refractivity contribution in [3.63, 3.8) is 0 Å². The van der Waals surface area contributed by atoms with Crippen LogP contribution in [0.5, 0.6) is 0 Å². The van der Waals surface area contributed by atoms with Crippen LogP contribution in [-0.2, 0) is 14.9 Å². The average Bonchev–Trinajstić information content (AvgIpc) is 3.18. The molecule has 0 saturated heterocycles. The molecule has 0 spiro atoms. The molecule has 0 bridgehead atoms. The first-order valence-corrected chi connectivity index (χ1v) is 8.02. The molecule has 7 heteroatoms. The molecule has 0 aliphatic heterocycles. The molecular formula is C16H19BrFNO4. The maximum Gasteiger partial charge on any atom is 0.408 e. The van der Waals surface area contributed by atoms with Crippen LogP contribution < -0.4 is 5.32 Å². The van der Waals surface area contributed by atoms with Crippen molar-refractivity contribution in [2.45, 2.75) is 50.7 Å². The highest BCUT2D eigenvalue weighted by Gasteiger charge is 2.55. The number of carboxylic acid groups (broad SMARTS) is 1. The smallest absolute Gasteiger partial charge is 0.408 e. The van der Waals surface area contributed by atoms with Crippen LogP contribution in [0.15, 0.2) is 22.7 Å². The molecule has 126 valence electrons. The highest BCUT2D eigenvalue weighted by atomic mass is 79.9. The summed E-state index contributed by atoms with van der Waals surface area (Å²) >= 11 is 3.07. The van der Waals surface area contributed by atoms with E-state index in [0.29, 0.717) is 22.9 Å². The Labute approximate surface area is 142 Å². The van der Waals surface area contributed by atoms with Crippen molar-refractivity contribution < 1.29 is 23.8 Å². The van der Waals surface area contributed by atoms with Gasteiger partial charge in [-0.05, 0) is 67.2 Å². The third kappa shape index (κ3) is 4.02. The monoisotopic (exact) mass is 387 g/mol. The van der Waals surface area contributed by atoms with E-state index in [1.54, 1.807) is 26.8 Å². The first kappa shape index (κ1) is 17.7. The summed E-state index contributed by atoms with van der Waals surface area (Å²) in [4.78, 5) is 23.6.